The van der Waals surface area contributed by atoms with E-state index in [1.54, 1.807) is 0 Å². The highest BCUT2D eigenvalue weighted by molar-refractivity contribution is 6.64. The van der Waals surface area contributed by atoms with Crippen LogP contribution >= 0.6 is 11.6 Å². The molecule has 0 rings (SSSR count). The Morgan fingerprint density at radius 1 is 1.35 bits per heavy atom. The van der Waals surface area contributed by atoms with Gasteiger partial charge < -0.3 is 4.74 Å². The molecular weight excluding hydrogens is 242 g/mol. The van der Waals surface area contributed by atoms with Crippen molar-refractivity contribution < 1.29 is 14.3 Å². The van der Waals surface area contributed by atoms with Gasteiger partial charge in [-0.2, -0.15) is 0 Å². The monoisotopic (exact) mass is 263 g/mol. The molecule has 0 aliphatic carbocycles. The molecule has 0 fully saturated rings. The van der Waals surface area contributed by atoms with Crippen LogP contribution in [0, 0.1) is 5.92 Å². The molecule has 0 saturated heterocycles. The van der Waals surface area contributed by atoms with Gasteiger partial charge in [0.25, 0.3) is 0 Å². The average molecular weight is 264 g/mol. The van der Waals surface area contributed by atoms with Gasteiger partial charge in [-0.1, -0.05) is 20.3 Å². The first kappa shape index (κ1) is 16.4. The van der Waals surface area contributed by atoms with Crippen LogP contribution < -0.4 is 5.32 Å². The molecule has 0 aliphatic heterocycles. The maximum atomic E-state index is 11.9. The molecule has 17 heavy (non-hydrogen) atoms. The van der Waals surface area contributed by atoms with E-state index in [2.05, 4.69) is 5.32 Å². The Kier molecular flexibility index (Phi) is 6.72. The molecule has 0 bridgehead atoms. The Labute approximate surface area is 108 Å². The summed E-state index contributed by atoms with van der Waals surface area (Å²) in [6, 6.07) is -0.498. The molecule has 1 N–H and O–H groups in total. The second-order valence-electron chi connectivity index (χ2n) is 5.13. The van der Waals surface area contributed by atoms with Crippen molar-refractivity contribution in [1.82, 2.24) is 5.32 Å². The largest absolute Gasteiger partial charge is 0.459 e. The number of nitrogens with one attached hydrogen (secondary N) is 1. The molecule has 0 aromatic carbocycles. The highest BCUT2D eigenvalue weighted by atomic mass is 35.5. The predicted octanol–water partition coefficient (Wildman–Crippen LogP) is 2.10. The average Bonchev–Trinajstić information content (AvgIpc) is 2.14. The maximum Gasteiger partial charge on any atom is 0.323 e. The van der Waals surface area contributed by atoms with Gasteiger partial charge in [0.05, 0.1) is 6.54 Å². The summed E-state index contributed by atoms with van der Waals surface area (Å²) in [5, 5.41) is 2.32. The van der Waals surface area contributed by atoms with E-state index in [1.165, 1.54) is 0 Å². The van der Waals surface area contributed by atoms with Crippen LogP contribution in [0.2, 0.25) is 0 Å². The molecule has 2 atom stereocenters. The van der Waals surface area contributed by atoms with E-state index in [4.69, 9.17) is 16.3 Å². The van der Waals surface area contributed by atoms with Crippen LogP contribution in [0.1, 0.15) is 41.0 Å². The van der Waals surface area contributed by atoms with Gasteiger partial charge in [-0.15, -0.1) is 0 Å². The first-order chi connectivity index (χ1) is 7.67. The number of esters is 1. The van der Waals surface area contributed by atoms with Gasteiger partial charge in [-0.3, -0.25) is 14.9 Å². The molecule has 4 nitrogen and oxygen atoms in total. The van der Waals surface area contributed by atoms with Crippen LogP contribution in [-0.2, 0) is 14.3 Å². The Morgan fingerprint density at radius 2 is 1.88 bits per heavy atom. The highest BCUT2D eigenvalue weighted by Gasteiger charge is 2.28. The summed E-state index contributed by atoms with van der Waals surface area (Å²) in [5.74, 6) is -0.259. The second-order valence-corrected chi connectivity index (χ2v) is 5.55. The lowest BCUT2D eigenvalue weighted by Crippen LogP contribution is -2.46. The minimum absolute atomic E-state index is 0.0319. The van der Waals surface area contributed by atoms with E-state index in [-0.39, 0.29) is 18.4 Å². The zero-order valence-electron chi connectivity index (χ0n) is 11.2. The zero-order chi connectivity index (χ0) is 13.6. The minimum Gasteiger partial charge on any atom is -0.459 e. The molecule has 0 aromatic heterocycles. The Morgan fingerprint density at radius 3 is 2.24 bits per heavy atom. The number of hydrogen-bond donors (Lipinski definition) is 1. The van der Waals surface area contributed by atoms with Gasteiger partial charge in [-0.25, -0.2) is 0 Å². The van der Waals surface area contributed by atoms with Crippen LogP contribution in [0.3, 0.4) is 0 Å². The van der Waals surface area contributed by atoms with Crippen molar-refractivity contribution in [3.63, 3.8) is 0 Å². The zero-order valence-corrected chi connectivity index (χ0v) is 11.9. The van der Waals surface area contributed by atoms with Gasteiger partial charge in [0.2, 0.25) is 5.24 Å². The molecule has 0 aromatic rings. The number of carbonyl (C=O) groups excluding carboxylic acids is 2. The first-order valence-corrected chi connectivity index (χ1v) is 6.19. The summed E-state index contributed by atoms with van der Waals surface area (Å²) >= 11 is 5.25. The molecular formula is C12H22ClNO3. The van der Waals surface area contributed by atoms with E-state index >= 15 is 0 Å². The lowest BCUT2D eigenvalue weighted by molar-refractivity contribution is -0.158. The van der Waals surface area contributed by atoms with Crippen LogP contribution in [0.15, 0.2) is 0 Å². The fourth-order valence-electron chi connectivity index (χ4n) is 1.31. The summed E-state index contributed by atoms with van der Waals surface area (Å²) in [5.41, 5.74) is -0.532. The second kappa shape index (κ2) is 6.97. The van der Waals surface area contributed by atoms with E-state index in [9.17, 15) is 9.59 Å². The Balaban J connectivity index is 4.56. The standard InChI is InChI=1S/C12H22ClNO3/c1-6-8(2)10(14-7-9(13)15)11(16)17-12(3,4)5/h8,10,14H,6-7H2,1-5H3. The van der Waals surface area contributed by atoms with Gasteiger partial charge in [0.1, 0.15) is 11.6 Å². The SMILES string of the molecule is CCC(C)C(NCC(=O)Cl)C(=O)OC(C)(C)C. The number of hydrogen-bond acceptors (Lipinski definition) is 4. The lowest BCUT2D eigenvalue weighted by atomic mass is 9.99. The summed E-state index contributed by atoms with van der Waals surface area (Å²) in [6.45, 7) is 9.31. The summed E-state index contributed by atoms with van der Waals surface area (Å²) in [7, 11) is 0. The molecule has 0 amide bonds. The lowest BCUT2D eigenvalue weighted by Gasteiger charge is -2.27. The Hall–Kier alpha value is -0.610. The predicted molar refractivity (Wildman–Crippen MR) is 68.0 cm³/mol. The van der Waals surface area contributed by atoms with Gasteiger partial charge >= 0.3 is 5.97 Å². The van der Waals surface area contributed by atoms with Crippen molar-refractivity contribution in [1.29, 1.82) is 0 Å². The fourth-order valence-corrected chi connectivity index (χ4v) is 1.39. The van der Waals surface area contributed by atoms with Crippen LogP contribution in [0.25, 0.3) is 0 Å². The molecule has 0 spiro atoms. The van der Waals surface area contributed by atoms with Gasteiger partial charge in [0, 0.05) is 0 Å². The fraction of sp³-hybridized carbons (Fsp3) is 0.833. The van der Waals surface area contributed by atoms with Crippen LogP contribution in [0.5, 0.6) is 0 Å². The number of ether oxygens (including phenoxy) is 1. The van der Waals surface area contributed by atoms with E-state index in [0.29, 0.717) is 0 Å². The van der Waals surface area contributed by atoms with Crippen molar-refractivity contribution >= 4 is 22.8 Å². The van der Waals surface area contributed by atoms with Gasteiger partial charge in [-0.05, 0) is 38.3 Å². The third kappa shape index (κ3) is 7.34. The van der Waals surface area contributed by atoms with Crippen molar-refractivity contribution in [2.24, 2.45) is 5.92 Å². The van der Waals surface area contributed by atoms with Crippen LogP contribution in [0.4, 0.5) is 0 Å². The van der Waals surface area contributed by atoms with Crippen molar-refractivity contribution in [2.75, 3.05) is 6.54 Å². The summed E-state index contributed by atoms with van der Waals surface area (Å²) < 4.78 is 5.30. The molecule has 100 valence electrons. The Bertz CT molecular complexity index is 273. The third-order valence-electron chi connectivity index (χ3n) is 2.33. The molecule has 2 unspecified atom stereocenters. The molecule has 0 aliphatic rings. The normalized spacial score (nSPS) is 15.2. The number of rotatable bonds is 6. The summed E-state index contributed by atoms with van der Waals surface area (Å²) in [6.07, 6.45) is 0.813. The van der Waals surface area contributed by atoms with Crippen LogP contribution in [-0.4, -0.2) is 29.4 Å². The molecule has 5 heteroatoms. The van der Waals surface area contributed by atoms with Crippen molar-refractivity contribution in [2.45, 2.75) is 52.7 Å². The first-order valence-electron chi connectivity index (χ1n) is 5.82. The topological polar surface area (TPSA) is 55.4 Å². The van der Waals surface area contributed by atoms with Crippen molar-refractivity contribution in [3.05, 3.63) is 0 Å². The third-order valence-corrected chi connectivity index (χ3v) is 2.47. The minimum atomic E-state index is -0.532. The molecule has 0 saturated carbocycles. The molecule has 0 radical (unpaired) electrons. The highest BCUT2D eigenvalue weighted by Crippen LogP contribution is 2.14. The van der Waals surface area contributed by atoms with E-state index in [0.717, 1.165) is 6.42 Å². The number of halogens is 1. The van der Waals surface area contributed by atoms with Crippen molar-refractivity contribution in [3.8, 4) is 0 Å². The quantitative estimate of drug-likeness (QED) is 0.589. The van der Waals surface area contributed by atoms with E-state index in [1.807, 2.05) is 34.6 Å². The number of carbonyl (C=O) groups is 2. The maximum absolute atomic E-state index is 11.9. The van der Waals surface area contributed by atoms with E-state index < -0.39 is 16.9 Å². The smallest absolute Gasteiger partial charge is 0.323 e. The van der Waals surface area contributed by atoms with Gasteiger partial charge in [0.15, 0.2) is 0 Å². The summed E-state index contributed by atoms with van der Waals surface area (Å²) in [4.78, 5) is 22.7. The molecule has 0 heterocycles.